The lowest BCUT2D eigenvalue weighted by atomic mass is 10.3. The predicted molar refractivity (Wildman–Crippen MR) is 59.5 cm³/mol. The van der Waals surface area contributed by atoms with Crippen LogP contribution in [-0.2, 0) is 11.8 Å². The van der Waals surface area contributed by atoms with Crippen LogP contribution in [0.5, 0.6) is 0 Å². The molecular weight excluding hydrogens is 222 g/mol. The van der Waals surface area contributed by atoms with Crippen molar-refractivity contribution >= 4 is 11.9 Å². The molecule has 6 heteroatoms. The van der Waals surface area contributed by atoms with Crippen molar-refractivity contribution < 1.29 is 14.7 Å². The van der Waals surface area contributed by atoms with E-state index in [9.17, 15) is 9.59 Å². The number of rotatable bonds is 5. The van der Waals surface area contributed by atoms with E-state index >= 15 is 0 Å². The van der Waals surface area contributed by atoms with Crippen molar-refractivity contribution in [2.75, 3.05) is 6.54 Å². The fourth-order valence-corrected chi connectivity index (χ4v) is 1.73. The summed E-state index contributed by atoms with van der Waals surface area (Å²) in [7, 11) is 1.75. The molecule has 0 bridgehead atoms. The highest BCUT2D eigenvalue weighted by atomic mass is 16.4. The Kier molecular flexibility index (Phi) is 3.12. The second kappa shape index (κ2) is 4.57. The Balaban J connectivity index is 2.05. The highest BCUT2D eigenvalue weighted by molar-refractivity contribution is 5.92. The molecule has 1 aliphatic rings. The molecule has 1 heterocycles. The van der Waals surface area contributed by atoms with Gasteiger partial charge < -0.3 is 10.0 Å². The zero-order chi connectivity index (χ0) is 12.4. The molecular formula is C11H15N3O3. The second-order valence-corrected chi connectivity index (χ2v) is 4.25. The Bertz CT molecular complexity index is 437. The van der Waals surface area contributed by atoms with Crippen molar-refractivity contribution in [3.8, 4) is 0 Å². The summed E-state index contributed by atoms with van der Waals surface area (Å²) in [5.74, 6) is -1.06. The Hall–Kier alpha value is -1.85. The summed E-state index contributed by atoms with van der Waals surface area (Å²) in [4.78, 5) is 24.3. The van der Waals surface area contributed by atoms with Gasteiger partial charge in [-0.3, -0.25) is 14.3 Å². The maximum Gasteiger partial charge on any atom is 0.305 e. The number of carbonyl (C=O) groups excluding carboxylic acids is 1. The van der Waals surface area contributed by atoms with E-state index in [4.69, 9.17) is 5.11 Å². The molecule has 1 aromatic heterocycles. The van der Waals surface area contributed by atoms with Crippen LogP contribution in [-0.4, -0.2) is 44.3 Å². The number of amides is 1. The Morgan fingerprint density at radius 2 is 2.29 bits per heavy atom. The number of carboxylic acid groups (broad SMARTS) is 1. The number of nitrogens with zero attached hydrogens (tertiary/aromatic N) is 3. The summed E-state index contributed by atoms with van der Waals surface area (Å²) in [6, 6.07) is 1.85. The van der Waals surface area contributed by atoms with Gasteiger partial charge in [-0.25, -0.2) is 0 Å². The molecule has 1 saturated carbocycles. The number of carboxylic acids is 1. The van der Waals surface area contributed by atoms with E-state index in [2.05, 4.69) is 5.10 Å². The average molecular weight is 237 g/mol. The topological polar surface area (TPSA) is 75.4 Å². The van der Waals surface area contributed by atoms with Gasteiger partial charge in [-0.1, -0.05) is 0 Å². The molecule has 2 rings (SSSR count). The number of aromatic nitrogens is 2. The first-order valence-electron chi connectivity index (χ1n) is 5.60. The van der Waals surface area contributed by atoms with Gasteiger partial charge in [0.2, 0.25) is 0 Å². The van der Waals surface area contributed by atoms with Gasteiger partial charge in [-0.15, -0.1) is 0 Å². The minimum absolute atomic E-state index is 0.0188. The molecule has 1 aromatic rings. The summed E-state index contributed by atoms with van der Waals surface area (Å²) < 4.78 is 1.56. The van der Waals surface area contributed by atoms with Crippen LogP contribution in [0.1, 0.15) is 29.8 Å². The molecule has 0 aliphatic heterocycles. The first-order chi connectivity index (χ1) is 8.08. The summed E-state index contributed by atoms with van der Waals surface area (Å²) in [5, 5.41) is 12.7. The third-order valence-electron chi connectivity index (χ3n) is 2.75. The molecule has 0 unspecified atom stereocenters. The van der Waals surface area contributed by atoms with E-state index < -0.39 is 5.97 Å². The molecule has 6 nitrogen and oxygen atoms in total. The Labute approximate surface area is 98.8 Å². The van der Waals surface area contributed by atoms with E-state index in [1.807, 2.05) is 0 Å². The van der Waals surface area contributed by atoms with E-state index in [0.29, 0.717) is 5.69 Å². The minimum atomic E-state index is -0.885. The highest BCUT2D eigenvalue weighted by Gasteiger charge is 2.33. The number of hydrogen-bond acceptors (Lipinski definition) is 3. The smallest absolute Gasteiger partial charge is 0.305 e. The summed E-state index contributed by atoms with van der Waals surface area (Å²) in [6.45, 7) is 0.259. The van der Waals surface area contributed by atoms with Crippen molar-refractivity contribution in [3.63, 3.8) is 0 Å². The molecule has 92 valence electrons. The van der Waals surface area contributed by atoms with Crippen molar-refractivity contribution in [2.24, 2.45) is 7.05 Å². The van der Waals surface area contributed by atoms with Crippen LogP contribution < -0.4 is 0 Å². The van der Waals surface area contributed by atoms with Crippen LogP contribution in [0, 0.1) is 0 Å². The van der Waals surface area contributed by atoms with E-state index in [-0.39, 0.29) is 24.9 Å². The SMILES string of the molecule is Cn1ccc(C(=O)N(CCC(=O)O)C2CC2)n1. The fraction of sp³-hybridized carbons (Fsp3) is 0.545. The lowest BCUT2D eigenvalue weighted by Gasteiger charge is -2.20. The third-order valence-corrected chi connectivity index (χ3v) is 2.75. The van der Waals surface area contributed by atoms with Crippen molar-refractivity contribution in [1.82, 2.24) is 14.7 Å². The van der Waals surface area contributed by atoms with Crippen LogP contribution in [0.3, 0.4) is 0 Å². The summed E-state index contributed by atoms with van der Waals surface area (Å²) >= 11 is 0. The Morgan fingerprint density at radius 1 is 1.59 bits per heavy atom. The summed E-state index contributed by atoms with van der Waals surface area (Å²) in [6.07, 6.45) is 3.60. The molecule has 0 saturated heterocycles. The monoisotopic (exact) mass is 237 g/mol. The van der Waals surface area contributed by atoms with Crippen LogP contribution in [0.4, 0.5) is 0 Å². The first-order valence-corrected chi connectivity index (χ1v) is 5.60. The number of aliphatic carboxylic acids is 1. The van der Waals surface area contributed by atoms with Gasteiger partial charge in [-0.2, -0.15) is 5.10 Å². The third kappa shape index (κ3) is 2.83. The number of hydrogen-bond donors (Lipinski definition) is 1. The van der Waals surface area contributed by atoms with Crippen molar-refractivity contribution in [2.45, 2.75) is 25.3 Å². The van der Waals surface area contributed by atoms with Gasteiger partial charge in [0, 0.05) is 25.8 Å². The molecule has 0 atom stereocenters. The van der Waals surface area contributed by atoms with E-state index in [1.54, 1.807) is 28.9 Å². The summed E-state index contributed by atoms with van der Waals surface area (Å²) in [5.41, 5.74) is 0.379. The number of aryl methyl sites for hydroxylation is 1. The van der Waals surface area contributed by atoms with Gasteiger partial charge in [0.05, 0.1) is 6.42 Å². The fourth-order valence-electron chi connectivity index (χ4n) is 1.73. The lowest BCUT2D eigenvalue weighted by Crippen LogP contribution is -2.35. The largest absolute Gasteiger partial charge is 0.481 e. The highest BCUT2D eigenvalue weighted by Crippen LogP contribution is 2.28. The first kappa shape index (κ1) is 11.6. The van der Waals surface area contributed by atoms with Crippen LogP contribution >= 0.6 is 0 Å². The van der Waals surface area contributed by atoms with Gasteiger partial charge in [0.1, 0.15) is 5.69 Å². The Morgan fingerprint density at radius 3 is 2.76 bits per heavy atom. The van der Waals surface area contributed by atoms with Crippen LogP contribution in [0.2, 0.25) is 0 Å². The standard InChI is InChI=1S/C11H15N3O3/c1-13-6-4-9(12-13)11(17)14(8-2-3-8)7-5-10(15)16/h4,6,8H,2-3,5,7H2,1H3,(H,15,16). The van der Waals surface area contributed by atoms with E-state index in [0.717, 1.165) is 12.8 Å². The molecule has 17 heavy (non-hydrogen) atoms. The van der Waals surface area contributed by atoms with Gasteiger partial charge in [0.25, 0.3) is 5.91 Å². The molecule has 1 N–H and O–H groups in total. The van der Waals surface area contributed by atoms with E-state index in [1.165, 1.54) is 0 Å². The minimum Gasteiger partial charge on any atom is -0.481 e. The van der Waals surface area contributed by atoms with Crippen LogP contribution in [0.25, 0.3) is 0 Å². The maximum atomic E-state index is 12.1. The van der Waals surface area contributed by atoms with Gasteiger partial charge >= 0.3 is 5.97 Å². The zero-order valence-electron chi connectivity index (χ0n) is 9.67. The molecule has 0 spiro atoms. The lowest BCUT2D eigenvalue weighted by molar-refractivity contribution is -0.137. The predicted octanol–water partition coefficient (Wildman–Crippen LogP) is 0.499. The molecule has 1 amide bonds. The maximum absolute atomic E-state index is 12.1. The molecule has 1 fully saturated rings. The molecule has 1 aliphatic carbocycles. The van der Waals surface area contributed by atoms with Gasteiger partial charge in [-0.05, 0) is 18.9 Å². The second-order valence-electron chi connectivity index (χ2n) is 4.25. The number of carbonyl (C=O) groups is 2. The quantitative estimate of drug-likeness (QED) is 0.809. The van der Waals surface area contributed by atoms with Crippen LogP contribution in [0.15, 0.2) is 12.3 Å². The molecule has 0 radical (unpaired) electrons. The normalized spacial score (nSPS) is 14.6. The average Bonchev–Trinajstić information content (AvgIpc) is 3.00. The molecule has 0 aromatic carbocycles. The van der Waals surface area contributed by atoms with Crippen molar-refractivity contribution in [1.29, 1.82) is 0 Å². The zero-order valence-corrected chi connectivity index (χ0v) is 9.67. The van der Waals surface area contributed by atoms with Crippen molar-refractivity contribution in [3.05, 3.63) is 18.0 Å². The van der Waals surface area contributed by atoms with Gasteiger partial charge in [0.15, 0.2) is 0 Å².